The van der Waals surface area contributed by atoms with Crippen LogP contribution in [0.2, 0.25) is 0 Å². The number of fused-ring (bicyclic) bond motifs is 1. The quantitative estimate of drug-likeness (QED) is 0.780. The van der Waals surface area contributed by atoms with Crippen LogP contribution < -0.4 is 5.32 Å². The lowest BCUT2D eigenvalue weighted by Crippen LogP contribution is -2.24. The van der Waals surface area contributed by atoms with Gasteiger partial charge in [-0.3, -0.25) is 14.8 Å². The van der Waals surface area contributed by atoms with Crippen molar-refractivity contribution < 1.29 is 9.53 Å². The normalized spacial score (nSPS) is 13.8. The van der Waals surface area contributed by atoms with Crippen LogP contribution in [0, 0.1) is 6.92 Å². The highest BCUT2D eigenvalue weighted by molar-refractivity contribution is 6.02. The summed E-state index contributed by atoms with van der Waals surface area (Å²) >= 11 is 0. The Bertz CT molecular complexity index is 831. The second-order valence-corrected chi connectivity index (χ2v) is 6.91. The minimum atomic E-state index is 0.0721. The Morgan fingerprint density at radius 3 is 2.78 bits per heavy atom. The third-order valence-corrected chi connectivity index (χ3v) is 4.81. The van der Waals surface area contributed by atoms with Crippen LogP contribution in [-0.4, -0.2) is 36.9 Å². The first-order valence-electron chi connectivity index (χ1n) is 9.46. The summed E-state index contributed by atoms with van der Waals surface area (Å²) in [6.07, 6.45) is 0.798. The van der Waals surface area contributed by atoms with Crippen LogP contribution in [0.1, 0.15) is 47.3 Å². The fourth-order valence-electron chi connectivity index (χ4n) is 3.65. The maximum atomic E-state index is 12.7. The number of ketones is 1. The average Bonchev–Trinajstić information content (AvgIpc) is 3.06. The van der Waals surface area contributed by atoms with Gasteiger partial charge in [0.1, 0.15) is 11.6 Å². The number of rotatable bonds is 8. The zero-order chi connectivity index (χ0) is 19.2. The number of nitrogens with zero attached hydrogens (tertiary/aromatic N) is 2. The standard InChI is InChI=1S/C22H27N3O2/c1-4-23-22-21-15(2)25-19(10-17(21)13-24-22)12-20(26)11-18(14-27-3)16-8-6-5-7-9-16/h5-10,18H,4,11-14H2,1-3H3,(H,23,24)/t18-/m1/s1. The van der Waals surface area contributed by atoms with Crippen molar-refractivity contribution in [2.24, 2.45) is 4.99 Å². The number of carbonyl (C=O) groups excluding carboxylic acids is 1. The number of hydrogen-bond acceptors (Lipinski definition) is 5. The Morgan fingerprint density at radius 2 is 2.07 bits per heavy atom. The molecule has 0 saturated heterocycles. The predicted octanol–water partition coefficient (Wildman–Crippen LogP) is 3.19. The highest BCUT2D eigenvalue weighted by Crippen LogP contribution is 2.24. The molecule has 1 aliphatic rings. The van der Waals surface area contributed by atoms with E-state index < -0.39 is 0 Å². The maximum absolute atomic E-state index is 12.7. The Hall–Kier alpha value is -2.53. The van der Waals surface area contributed by atoms with E-state index in [0.717, 1.165) is 40.5 Å². The molecule has 1 aliphatic heterocycles. The van der Waals surface area contributed by atoms with Crippen molar-refractivity contribution in [3.05, 3.63) is 64.5 Å². The zero-order valence-electron chi connectivity index (χ0n) is 16.3. The molecular weight excluding hydrogens is 338 g/mol. The average molecular weight is 365 g/mol. The van der Waals surface area contributed by atoms with Gasteiger partial charge in [-0.15, -0.1) is 0 Å². The van der Waals surface area contributed by atoms with Crippen LogP contribution in [0.5, 0.6) is 0 Å². The molecule has 0 unspecified atom stereocenters. The monoisotopic (exact) mass is 365 g/mol. The van der Waals surface area contributed by atoms with Crippen LogP contribution in [0.25, 0.3) is 0 Å². The molecule has 0 amide bonds. The van der Waals surface area contributed by atoms with Gasteiger partial charge in [0.15, 0.2) is 0 Å². The number of nitrogens with one attached hydrogen (secondary N) is 1. The number of aryl methyl sites for hydroxylation is 1. The second kappa shape index (κ2) is 8.91. The number of pyridine rings is 1. The molecule has 0 aliphatic carbocycles. The number of Topliss-reactive ketones (excluding diaryl/α,β-unsaturated/α-hetero) is 1. The lowest BCUT2D eigenvalue weighted by atomic mass is 9.93. The van der Waals surface area contributed by atoms with Gasteiger partial charge in [0.2, 0.25) is 0 Å². The van der Waals surface area contributed by atoms with E-state index >= 15 is 0 Å². The summed E-state index contributed by atoms with van der Waals surface area (Å²) in [5.41, 5.74) is 5.14. The highest BCUT2D eigenvalue weighted by Gasteiger charge is 2.21. The summed E-state index contributed by atoms with van der Waals surface area (Å²) in [5, 5.41) is 3.29. The fourth-order valence-corrected chi connectivity index (χ4v) is 3.65. The van der Waals surface area contributed by atoms with Gasteiger partial charge in [-0.2, -0.15) is 0 Å². The van der Waals surface area contributed by atoms with E-state index in [1.165, 1.54) is 0 Å². The minimum Gasteiger partial charge on any atom is -0.384 e. The number of benzene rings is 1. The Labute approximate surface area is 160 Å². The molecule has 5 heteroatoms. The number of carbonyl (C=O) groups is 1. The summed E-state index contributed by atoms with van der Waals surface area (Å²) in [7, 11) is 1.67. The summed E-state index contributed by atoms with van der Waals surface area (Å²) in [5.74, 6) is 1.17. The molecular formula is C22H27N3O2. The van der Waals surface area contributed by atoms with Crippen LogP contribution in [0.4, 0.5) is 0 Å². The Balaban J connectivity index is 1.70. The predicted molar refractivity (Wildman–Crippen MR) is 107 cm³/mol. The Kier molecular flexibility index (Phi) is 6.35. The van der Waals surface area contributed by atoms with Gasteiger partial charge in [-0.05, 0) is 31.0 Å². The van der Waals surface area contributed by atoms with Crippen molar-refractivity contribution in [3.63, 3.8) is 0 Å². The summed E-state index contributed by atoms with van der Waals surface area (Å²) in [6, 6.07) is 12.1. The second-order valence-electron chi connectivity index (χ2n) is 6.91. The molecule has 3 rings (SSSR count). The van der Waals surface area contributed by atoms with Crippen LogP contribution in [-0.2, 0) is 22.5 Å². The molecule has 142 valence electrons. The van der Waals surface area contributed by atoms with Gasteiger partial charge in [0, 0.05) is 49.4 Å². The Morgan fingerprint density at radius 1 is 1.30 bits per heavy atom. The van der Waals surface area contributed by atoms with E-state index in [2.05, 4.69) is 22.2 Å². The molecule has 0 fully saturated rings. The van der Waals surface area contributed by atoms with E-state index in [1.807, 2.05) is 43.3 Å². The molecule has 2 heterocycles. The van der Waals surface area contributed by atoms with Gasteiger partial charge in [0.05, 0.1) is 13.2 Å². The number of aromatic nitrogens is 1. The van der Waals surface area contributed by atoms with E-state index in [-0.39, 0.29) is 11.7 Å². The molecule has 1 atom stereocenters. The van der Waals surface area contributed by atoms with Gasteiger partial charge in [0.25, 0.3) is 0 Å². The van der Waals surface area contributed by atoms with Crippen molar-refractivity contribution in [3.8, 4) is 0 Å². The molecule has 5 nitrogen and oxygen atoms in total. The summed E-state index contributed by atoms with van der Waals surface area (Å²) < 4.78 is 5.33. The van der Waals surface area contributed by atoms with E-state index in [0.29, 0.717) is 26.0 Å². The molecule has 0 spiro atoms. The molecule has 2 aromatic rings. The third kappa shape index (κ3) is 4.61. The van der Waals surface area contributed by atoms with Gasteiger partial charge < -0.3 is 10.1 Å². The van der Waals surface area contributed by atoms with Crippen molar-refractivity contribution in [1.82, 2.24) is 10.3 Å². The van der Waals surface area contributed by atoms with Crippen molar-refractivity contribution >= 4 is 11.6 Å². The van der Waals surface area contributed by atoms with Crippen LogP contribution in [0.15, 0.2) is 41.4 Å². The number of aliphatic imine (C=N–C) groups is 1. The molecule has 0 bridgehead atoms. The molecule has 27 heavy (non-hydrogen) atoms. The summed E-state index contributed by atoms with van der Waals surface area (Å²) in [6.45, 7) is 6.06. The van der Waals surface area contributed by atoms with Gasteiger partial charge in [-0.1, -0.05) is 30.3 Å². The largest absolute Gasteiger partial charge is 0.384 e. The minimum absolute atomic E-state index is 0.0721. The first kappa shape index (κ1) is 19.2. The molecule has 1 aromatic heterocycles. The zero-order valence-corrected chi connectivity index (χ0v) is 16.3. The molecule has 0 saturated carbocycles. The highest BCUT2D eigenvalue weighted by atomic mass is 16.5. The molecule has 1 aromatic carbocycles. The van der Waals surface area contributed by atoms with Crippen molar-refractivity contribution in [2.75, 3.05) is 20.3 Å². The van der Waals surface area contributed by atoms with E-state index in [4.69, 9.17) is 4.74 Å². The van der Waals surface area contributed by atoms with E-state index in [9.17, 15) is 4.79 Å². The third-order valence-electron chi connectivity index (χ3n) is 4.81. The number of methoxy groups -OCH3 is 1. The van der Waals surface area contributed by atoms with Crippen molar-refractivity contribution in [2.45, 2.75) is 39.2 Å². The van der Waals surface area contributed by atoms with Crippen LogP contribution >= 0.6 is 0 Å². The van der Waals surface area contributed by atoms with Gasteiger partial charge >= 0.3 is 0 Å². The maximum Gasteiger partial charge on any atom is 0.139 e. The van der Waals surface area contributed by atoms with E-state index in [1.54, 1.807) is 7.11 Å². The number of ether oxygens (including phenoxy) is 1. The first-order chi connectivity index (χ1) is 13.1. The first-order valence-corrected chi connectivity index (χ1v) is 9.46. The smallest absolute Gasteiger partial charge is 0.139 e. The molecule has 1 N–H and O–H groups in total. The number of amidine groups is 1. The topological polar surface area (TPSA) is 63.6 Å². The van der Waals surface area contributed by atoms with Crippen LogP contribution in [0.3, 0.4) is 0 Å². The van der Waals surface area contributed by atoms with Gasteiger partial charge in [-0.25, -0.2) is 0 Å². The molecule has 0 radical (unpaired) electrons. The fraction of sp³-hybridized carbons (Fsp3) is 0.409. The SMILES string of the molecule is CCNC1=NCc2cc(CC(=O)C[C@H](COC)c3ccccc3)nc(C)c21. The summed E-state index contributed by atoms with van der Waals surface area (Å²) in [4.78, 5) is 21.9. The van der Waals surface area contributed by atoms with Crippen molar-refractivity contribution in [1.29, 1.82) is 0 Å². The lowest BCUT2D eigenvalue weighted by Gasteiger charge is -2.16. The lowest BCUT2D eigenvalue weighted by molar-refractivity contribution is -0.119. The number of hydrogen-bond donors (Lipinski definition) is 1.